The summed E-state index contributed by atoms with van der Waals surface area (Å²) in [6.07, 6.45) is 0.870. The molecule has 1 heterocycles. The van der Waals surface area contributed by atoms with Crippen molar-refractivity contribution in [2.45, 2.75) is 36.0 Å². The molecule has 0 saturated heterocycles. The number of nitrogens with two attached hydrogens (primary N) is 1. The predicted octanol–water partition coefficient (Wildman–Crippen LogP) is 2.00. The molecule has 1 aliphatic rings. The fourth-order valence-electron chi connectivity index (χ4n) is 1.94. The summed E-state index contributed by atoms with van der Waals surface area (Å²) in [7, 11) is 0. The zero-order valence-electron chi connectivity index (χ0n) is 11.7. The number of nitrogens with one attached hydrogen (secondary N) is 2. The van der Waals surface area contributed by atoms with E-state index in [4.69, 9.17) is 17.3 Å². The maximum Gasteiger partial charge on any atom is 0.238 e. The molecular formula is C14H18ClN3O2S. The number of carbonyl (C=O) groups excluding carboxylic acids is 2. The number of hydrogen-bond acceptors (Lipinski definition) is 4. The van der Waals surface area contributed by atoms with Gasteiger partial charge in [0.15, 0.2) is 0 Å². The van der Waals surface area contributed by atoms with Crippen molar-refractivity contribution in [2.24, 2.45) is 5.73 Å². The summed E-state index contributed by atoms with van der Waals surface area (Å²) >= 11 is 7.28. The van der Waals surface area contributed by atoms with Gasteiger partial charge in [-0.15, -0.1) is 11.8 Å². The summed E-state index contributed by atoms with van der Waals surface area (Å²) in [5, 5.41) is 5.72. The Morgan fingerprint density at radius 1 is 1.57 bits per heavy atom. The molecule has 0 radical (unpaired) electrons. The van der Waals surface area contributed by atoms with Gasteiger partial charge >= 0.3 is 0 Å². The van der Waals surface area contributed by atoms with E-state index in [9.17, 15) is 9.59 Å². The van der Waals surface area contributed by atoms with Crippen LogP contribution in [-0.2, 0) is 9.59 Å². The molecule has 0 fully saturated rings. The zero-order valence-corrected chi connectivity index (χ0v) is 13.3. The first kappa shape index (κ1) is 16.1. The van der Waals surface area contributed by atoms with Crippen molar-refractivity contribution in [3.8, 4) is 0 Å². The van der Waals surface area contributed by atoms with Gasteiger partial charge in [0.1, 0.15) is 0 Å². The van der Waals surface area contributed by atoms with E-state index in [0.717, 1.165) is 11.3 Å². The van der Waals surface area contributed by atoms with Crippen molar-refractivity contribution >= 4 is 40.9 Å². The first-order valence-electron chi connectivity index (χ1n) is 6.75. The lowest BCUT2D eigenvalue weighted by Crippen LogP contribution is -2.36. The Morgan fingerprint density at radius 2 is 2.33 bits per heavy atom. The van der Waals surface area contributed by atoms with Gasteiger partial charge in [0, 0.05) is 28.9 Å². The third kappa shape index (κ3) is 4.62. The molecular weight excluding hydrogens is 310 g/mol. The molecule has 1 aromatic rings. The normalized spacial score (nSPS) is 18.6. The van der Waals surface area contributed by atoms with Crippen LogP contribution in [0.2, 0.25) is 5.02 Å². The molecule has 1 aromatic carbocycles. The smallest absolute Gasteiger partial charge is 0.238 e. The van der Waals surface area contributed by atoms with E-state index in [-0.39, 0.29) is 24.3 Å². The number of halogens is 1. The monoisotopic (exact) mass is 327 g/mol. The first-order valence-corrected chi connectivity index (χ1v) is 8.01. The zero-order chi connectivity index (χ0) is 15.4. The van der Waals surface area contributed by atoms with Gasteiger partial charge < -0.3 is 16.4 Å². The van der Waals surface area contributed by atoms with Crippen molar-refractivity contribution in [3.05, 3.63) is 23.2 Å². The molecule has 2 unspecified atom stereocenters. The fraction of sp³-hybridized carbons (Fsp3) is 0.429. The summed E-state index contributed by atoms with van der Waals surface area (Å²) in [5.74, 6) is -0.308. The minimum absolute atomic E-state index is 0.0503. The van der Waals surface area contributed by atoms with Crippen LogP contribution in [0.5, 0.6) is 0 Å². The summed E-state index contributed by atoms with van der Waals surface area (Å²) in [6, 6.07) is 5.38. The highest BCUT2D eigenvalue weighted by Crippen LogP contribution is 2.38. The molecule has 21 heavy (non-hydrogen) atoms. The maximum absolute atomic E-state index is 12.0. The number of anilines is 1. The van der Waals surface area contributed by atoms with E-state index in [2.05, 4.69) is 10.6 Å². The van der Waals surface area contributed by atoms with Crippen LogP contribution in [0.4, 0.5) is 5.69 Å². The standard InChI is InChI=1S/C14H18ClN3O2S/c1-8(16)4-5-17-13(19)7-12-14(20)18-10-6-9(15)2-3-11(10)21-12/h2-3,6,8,12H,4-5,7,16H2,1H3,(H,17,19)(H,18,20). The average Bonchev–Trinajstić information content (AvgIpc) is 2.39. The van der Waals surface area contributed by atoms with Crippen molar-refractivity contribution in [1.29, 1.82) is 0 Å². The quantitative estimate of drug-likeness (QED) is 0.772. The van der Waals surface area contributed by atoms with Crippen LogP contribution in [0.1, 0.15) is 19.8 Å². The van der Waals surface area contributed by atoms with Crippen LogP contribution >= 0.6 is 23.4 Å². The topological polar surface area (TPSA) is 84.2 Å². The molecule has 4 N–H and O–H groups in total. The second kappa shape index (κ2) is 7.15. The molecule has 0 spiro atoms. The molecule has 7 heteroatoms. The van der Waals surface area contributed by atoms with Crippen molar-refractivity contribution in [1.82, 2.24) is 5.32 Å². The number of thioether (sulfide) groups is 1. The van der Waals surface area contributed by atoms with E-state index < -0.39 is 5.25 Å². The fourth-order valence-corrected chi connectivity index (χ4v) is 3.20. The molecule has 2 amide bonds. The first-order chi connectivity index (χ1) is 9.95. The Balaban J connectivity index is 1.91. The molecule has 0 saturated carbocycles. The van der Waals surface area contributed by atoms with Crippen molar-refractivity contribution in [3.63, 3.8) is 0 Å². The largest absolute Gasteiger partial charge is 0.356 e. The highest BCUT2D eigenvalue weighted by Gasteiger charge is 2.28. The summed E-state index contributed by atoms with van der Waals surface area (Å²) < 4.78 is 0. The Kier molecular flexibility index (Phi) is 5.50. The summed E-state index contributed by atoms with van der Waals surface area (Å²) in [4.78, 5) is 24.8. The van der Waals surface area contributed by atoms with E-state index in [0.29, 0.717) is 17.3 Å². The molecule has 2 rings (SSSR count). The molecule has 0 bridgehead atoms. The van der Waals surface area contributed by atoms with Crippen LogP contribution in [0.15, 0.2) is 23.1 Å². The third-order valence-electron chi connectivity index (χ3n) is 3.05. The highest BCUT2D eigenvalue weighted by molar-refractivity contribution is 8.01. The highest BCUT2D eigenvalue weighted by atomic mass is 35.5. The molecule has 5 nitrogen and oxygen atoms in total. The second-order valence-corrected chi connectivity index (χ2v) is 6.74. The molecule has 114 valence electrons. The van der Waals surface area contributed by atoms with Crippen LogP contribution < -0.4 is 16.4 Å². The van der Waals surface area contributed by atoms with E-state index in [1.807, 2.05) is 13.0 Å². The number of carbonyl (C=O) groups is 2. The van der Waals surface area contributed by atoms with Crippen molar-refractivity contribution < 1.29 is 9.59 Å². The van der Waals surface area contributed by atoms with Gasteiger partial charge in [-0.05, 0) is 31.5 Å². The Hall–Kier alpha value is -1.24. The van der Waals surface area contributed by atoms with Gasteiger partial charge in [0.05, 0.1) is 10.9 Å². The predicted molar refractivity (Wildman–Crippen MR) is 85.6 cm³/mol. The lowest BCUT2D eigenvalue weighted by atomic mass is 10.2. The molecule has 1 aliphatic heterocycles. The number of hydrogen-bond donors (Lipinski definition) is 3. The average molecular weight is 328 g/mol. The Labute approximate surface area is 133 Å². The van der Waals surface area contributed by atoms with Gasteiger partial charge in [0.25, 0.3) is 0 Å². The van der Waals surface area contributed by atoms with E-state index in [1.54, 1.807) is 12.1 Å². The number of rotatable bonds is 5. The van der Waals surface area contributed by atoms with E-state index in [1.165, 1.54) is 11.8 Å². The van der Waals surface area contributed by atoms with Gasteiger partial charge in [-0.2, -0.15) is 0 Å². The van der Waals surface area contributed by atoms with Gasteiger partial charge in [-0.25, -0.2) is 0 Å². The molecule has 0 aromatic heterocycles. The number of benzene rings is 1. The van der Waals surface area contributed by atoms with Crippen LogP contribution in [0, 0.1) is 0 Å². The molecule has 2 atom stereocenters. The third-order valence-corrected chi connectivity index (χ3v) is 4.56. The number of fused-ring (bicyclic) bond motifs is 1. The second-order valence-electron chi connectivity index (χ2n) is 5.06. The van der Waals surface area contributed by atoms with Gasteiger partial charge in [-0.3, -0.25) is 9.59 Å². The van der Waals surface area contributed by atoms with Crippen LogP contribution in [-0.4, -0.2) is 29.7 Å². The molecule has 0 aliphatic carbocycles. The minimum Gasteiger partial charge on any atom is -0.356 e. The summed E-state index contributed by atoms with van der Waals surface area (Å²) in [5.41, 5.74) is 6.32. The lowest BCUT2D eigenvalue weighted by molar-refractivity contribution is -0.124. The lowest BCUT2D eigenvalue weighted by Gasteiger charge is -2.23. The number of amides is 2. The SMILES string of the molecule is CC(N)CCNC(=O)CC1Sc2ccc(Cl)cc2NC1=O. The van der Waals surface area contributed by atoms with Crippen LogP contribution in [0.25, 0.3) is 0 Å². The van der Waals surface area contributed by atoms with Gasteiger partial charge in [-0.1, -0.05) is 11.6 Å². The Bertz CT molecular complexity index is 551. The van der Waals surface area contributed by atoms with E-state index >= 15 is 0 Å². The Morgan fingerprint density at radius 3 is 3.05 bits per heavy atom. The van der Waals surface area contributed by atoms with Crippen LogP contribution in [0.3, 0.4) is 0 Å². The minimum atomic E-state index is -0.422. The van der Waals surface area contributed by atoms with Crippen molar-refractivity contribution in [2.75, 3.05) is 11.9 Å². The summed E-state index contributed by atoms with van der Waals surface area (Å²) in [6.45, 7) is 2.42. The maximum atomic E-state index is 12.0. The van der Waals surface area contributed by atoms with Gasteiger partial charge in [0.2, 0.25) is 11.8 Å².